The summed E-state index contributed by atoms with van der Waals surface area (Å²) in [6.07, 6.45) is -0.737. The number of carboxylic acid groups (broad SMARTS) is 1. The molecule has 0 aromatic carbocycles. The van der Waals surface area contributed by atoms with Gasteiger partial charge in [0.25, 0.3) is 0 Å². The molecule has 1 aliphatic rings. The molecular formula is C9H16N2O4. The highest BCUT2D eigenvalue weighted by Crippen LogP contribution is 2.13. The summed E-state index contributed by atoms with van der Waals surface area (Å²) < 4.78 is 0. The lowest BCUT2D eigenvalue weighted by Gasteiger charge is -2.12. The van der Waals surface area contributed by atoms with Gasteiger partial charge in [-0.15, -0.1) is 0 Å². The summed E-state index contributed by atoms with van der Waals surface area (Å²) in [6, 6.07) is 0. The fourth-order valence-corrected chi connectivity index (χ4v) is 1.58. The highest BCUT2D eigenvalue weighted by atomic mass is 16.4. The second-order valence-corrected chi connectivity index (χ2v) is 3.85. The molecule has 1 fully saturated rings. The van der Waals surface area contributed by atoms with Crippen molar-refractivity contribution in [2.24, 2.45) is 5.92 Å². The van der Waals surface area contributed by atoms with Gasteiger partial charge in [-0.05, 0) is 20.0 Å². The van der Waals surface area contributed by atoms with Crippen molar-refractivity contribution in [1.82, 2.24) is 10.2 Å². The van der Waals surface area contributed by atoms with Crippen LogP contribution in [0.5, 0.6) is 0 Å². The van der Waals surface area contributed by atoms with Gasteiger partial charge in [0.05, 0.1) is 12.5 Å². The number of carboxylic acids is 1. The van der Waals surface area contributed by atoms with E-state index in [0.29, 0.717) is 6.54 Å². The molecule has 1 saturated heterocycles. The zero-order valence-corrected chi connectivity index (χ0v) is 8.64. The number of aliphatic carboxylic acids is 1. The maximum Gasteiger partial charge on any atom is 0.334 e. The molecule has 0 radical (unpaired) electrons. The zero-order valence-electron chi connectivity index (χ0n) is 8.64. The first-order valence-corrected chi connectivity index (χ1v) is 4.88. The van der Waals surface area contributed by atoms with Crippen LogP contribution in [0.1, 0.15) is 6.42 Å². The van der Waals surface area contributed by atoms with E-state index in [2.05, 4.69) is 5.32 Å². The third kappa shape index (κ3) is 3.49. The lowest BCUT2D eigenvalue weighted by atomic mass is 10.1. The van der Waals surface area contributed by atoms with Crippen LogP contribution < -0.4 is 5.32 Å². The minimum Gasteiger partial charge on any atom is -0.479 e. The predicted molar refractivity (Wildman–Crippen MR) is 52.3 cm³/mol. The lowest BCUT2D eigenvalue weighted by molar-refractivity contribution is -0.146. The molecular weight excluding hydrogens is 200 g/mol. The molecule has 2 atom stereocenters. The molecule has 0 saturated carbocycles. The highest BCUT2D eigenvalue weighted by Gasteiger charge is 2.26. The number of likely N-dealkylation sites (tertiary alicyclic amines) is 1. The number of amides is 1. The van der Waals surface area contributed by atoms with Crippen molar-refractivity contribution in [3.05, 3.63) is 0 Å². The molecule has 6 heteroatoms. The Balaban J connectivity index is 2.27. The standard InChI is InChI=1S/C9H16N2O4/c1-11-3-2-6(5-11)8(13)10-4-7(12)9(14)15/h6-7,12H,2-5H2,1H3,(H,10,13)(H,14,15)/t6?,7-/m0/s1. The Morgan fingerprint density at radius 2 is 2.27 bits per heavy atom. The van der Waals surface area contributed by atoms with E-state index < -0.39 is 12.1 Å². The Hall–Kier alpha value is -1.14. The smallest absolute Gasteiger partial charge is 0.334 e. The van der Waals surface area contributed by atoms with Gasteiger partial charge in [0.1, 0.15) is 0 Å². The van der Waals surface area contributed by atoms with E-state index in [-0.39, 0.29) is 18.4 Å². The van der Waals surface area contributed by atoms with Crippen molar-refractivity contribution >= 4 is 11.9 Å². The number of hydrogen-bond donors (Lipinski definition) is 3. The summed E-state index contributed by atoms with van der Waals surface area (Å²) in [5.74, 6) is -1.59. The normalized spacial score (nSPS) is 23.7. The second kappa shape index (κ2) is 5.09. The Labute approximate surface area is 87.9 Å². The minimum absolute atomic E-state index is 0.0870. The van der Waals surface area contributed by atoms with Gasteiger partial charge >= 0.3 is 5.97 Å². The molecule has 0 spiro atoms. The van der Waals surface area contributed by atoms with E-state index in [1.807, 2.05) is 11.9 Å². The highest BCUT2D eigenvalue weighted by molar-refractivity contribution is 5.80. The Morgan fingerprint density at radius 3 is 2.73 bits per heavy atom. The van der Waals surface area contributed by atoms with Crippen molar-refractivity contribution in [1.29, 1.82) is 0 Å². The van der Waals surface area contributed by atoms with Crippen molar-refractivity contribution < 1.29 is 19.8 Å². The van der Waals surface area contributed by atoms with Gasteiger partial charge in [-0.3, -0.25) is 4.79 Å². The predicted octanol–water partition coefficient (Wildman–Crippen LogP) is -1.50. The topological polar surface area (TPSA) is 89.9 Å². The van der Waals surface area contributed by atoms with Crippen LogP contribution >= 0.6 is 0 Å². The number of carbonyl (C=O) groups is 2. The second-order valence-electron chi connectivity index (χ2n) is 3.85. The molecule has 0 bridgehead atoms. The summed E-state index contributed by atoms with van der Waals surface area (Å²) in [5.41, 5.74) is 0. The lowest BCUT2D eigenvalue weighted by Crippen LogP contribution is -2.40. The Bertz CT molecular complexity index is 256. The fourth-order valence-electron chi connectivity index (χ4n) is 1.58. The van der Waals surface area contributed by atoms with E-state index in [0.717, 1.165) is 13.0 Å². The van der Waals surface area contributed by atoms with E-state index in [4.69, 9.17) is 10.2 Å². The first kappa shape index (κ1) is 11.9. The Kier molecular flexibility index (Phi) is 4.05. The third-order valence-corrected chi connectivity index (χ3v) is 2.52. The zero-order chi connectivity index (χ0) is 11.4. The maximum absolute atomic E-state index is 11.5. The summed E-state index contributed by atoms with van der Waals surface area (Å²) >= 11 is 0. The fraction of sp³-hybridized carbons (Fsp3) is 0.778. The molecule has 6 nitrogen and oxygen atoms in total. The average Bonchev–Trinajstić information content (AvgIpc) is 2.60. The number of hydrogen-bond acceptors (Lipinski definition) is 4. The molecule has 0 aromatic heterocycles. The van der Waals surface area contributed by atoms with E-state index in [9.17, 15) is 9.59 Å². The molecule has 86 valence electrons. The van der Waals surface area contributed by atoms with Gasteiger partial charge in [-0.25, -0.2) is 4.79 Å². The summed E-state index contributed by atoms with van der Waals surface area (Å²) in [5, 5.41) is 19.8. The van der Waals surface area contributed by atoms with E-state index in [1.165, 1.54) is 0 Å². The maximum atomic E-state index is 11.5. The van der Waals surface area contributed by atoms with Crippen LogP contribution in [0.3, 0.4) is 0 Å². The number of nitrogens with zero attached hydrogens (tertiary/aromatic N) is 1. The largest absolute Gasteiger partial charge is 0.479 e. The number of aliphatic hydroxyl groups excluding tert-OH is 1. The summed E-state index contributed by atoms with van der Waals surface area (Å²) in [4.78, 5) is 23.8. The molecule has 1 heterocycles. The van der Waals surface area contributed by atoms with Crippen molar-refractivity contribution in [2.45, 2.75) is 12.5 Å². The number of nitrogens with one attached hydrogen (secondary N) is 1. The van der Waals surface area contributed by atoms with Crippen molar-refractivity contribution in [3.63, 3.8) is 0 Å². The molecule has 0 aromatic rings. The third-order valence-electron chi connectivity index (χ3n) is 2.52. The monoisotopic (exact) mass is 216 g/mol. The van der Waals surface area contributed by atoms with E-state index in [1.54, 1.807) is 0 Å². The molecule has 1 amide bonds. The van der Waals surface area contributed by atoms with Crippen LogP contribution in [0.15, 0.2) is 0 Å². The van der Waals surface area contributed by atoms with Crippen molar-refractivity contribution in [2.75, 3.05) is 26.7 Å². The molecule has 15 heavy (non-hydrogen) atoms. The minimum atomic E-state index is -1.52. The van der Waals surface area contributed by atoms with E-state index >= 15 is 0 Å². The first-order chi connectivity index (χ1) is 7.00. The quantitative estimate of drug-likeness (QED) is 0.532. The van der Waals surface area contributed by atoms with Gasteiger partial charge in [0.15, 0.2) is 6.10 Å². The average molecular weight is 216 g/mol. The van der Waals surface area contributed by atoms with Gasteiger partial charge < -0.3 is 20.4 Å². The summed E-state index contributed by atoms with van der Waals surface area (Å²) in [7, 11) is 1.93. The van der Waals surface area contributed by atoms with Crippen LogP contribution in [0.25, 0.3) is 0 Å². The van der Waals surface area contributed by atoms with Gasteiger partial charge in [0, 0.05) is 6.54 Å². The van der Waals surface area contributed by atoms with Gasteiger partial charge in [-0.2, -0.15) is 0 Å². The van der Waals surface area contributed by atoms with Gasteiger partial charge in [-0.1, -0.05) is 0 Å². The molecule has 1 rings (SSSR count). The summed E-state index contributed by atoms with van der Waals surface area (Å²) in [6.45, 7) is 1.34. The van der Waals surface area contributed by atoms with Crippen LogP contribution in [0, 0.1) is 5.92 Å². The van der Waals surface area contributed by atoms with Crippen LogP contribution in [0.2, 0.25) is 0 Å². The number of rotatable bonds is 4. The molecule has 3 N–H and O–H groups in total. The van der Waals surface area contributed by atoms with Gasteiger partial charge in [0.2, 0.25) is 5.91 Å². The molecule has 1 unspecified atom stereocenters. The number of carbonyl (C=O) groups excluding carboxylic acids is 1. The molecule has 1 aliphatic heterocycles. The van der Waals surface area contributed by atoms with Crippen molar-refractivity contribution in [3.8, 4) is 0 Å². The SMILES string of the molecule is CN1CCC(C(=O)NC[C@H](O)C(=O)O)C1. The van der Waals surface area contributed by atoms with Crippen LogP contribution in [-0.2, 0) is 9.59 Å². The van der Waals surface area contributed by atoms with Crippen LogP contribution in [0.4, 0.5) is 0 Å². The number of aliphatic hydroxyl groups is 1. The Morgan fingerprint density at radius 1 is 1.60 bits per heavy atom. The first-order valence-electron chi connectivity index (χ1n) is 4.88. The van der Waals surface area contributed by atoms with Crippen LogP contribution in [-0.4, -0.2) is 59.8 Å². The molecule has 0 aliphatic carbocycles.